The normalized spacial score (nSPS) is 22.9. The molecule has 0 spiro atoms. The third-order valence-electron chi connectivity index (χ3n) is 3.67. The smallest absolute Gasteiger partial charge is 0.271 e. The van der Waals surface area contributed by atoms with Crippen LogP contribution in [0.5, 0.6) is 0 Å². The molecule has 0 radical (unpaired) electrons. The Morgan fingerprint density at radius 3 is 2.63 bits per heavy atom. The SMILES string of the molecule is CNc1ccc(Cl)c(C(=O)NC2CCC(C)CC2)n1. The third-order valence-corrected chi connectivity index (χ3v) is 3.97. The van der Waals surface area contributed by atoms with E-state index in [1.807, 2.05) is 0 Å². The van der Waals surface area contributed by atoms with Gasteiger partial charge < -0.3 is 10.6 Å². The van der Waals surface area contributed by atoms with Crippen LogP contribution in [0, 0.1) is 5.92 Å². The van der Waals surface area contributed by atoms with Gasteiger partial charge in [0.25, 0.3) is 5.91 Å². The van der Waals surface area contributed by atoms with Crippen LogP contribution in [0.4, 0.5) is 5.82 Å². The second-order valence-electron chi connectivity index (χ2n) is 5.21. The van der Waals surface area contributed by atoms with E-state index < -0.39 is 0 Å². The van der Waals surface area contributed by atoms with Gasteiger partial charge in [-0.15, -0.1) is 0 Å². The second-order valence-corrected chi connectivity index (χ2v) is 5.61. The molecule has 0 aromatic carbocycles. The number of amides is 1. The molecule has 1 amide bonds. The summed E-state index contributed by atoms with van der Waals surface area (Å²) >= 11 is 6.04. The minimum atomic E-state index is -0.179. The lowest BCUT2D eigenvalue weighted by atomic mass is 9.87. The Morgan fingerprint density at radius 1 is 1.32 bits per heavy atom. The Morgan fingerprint density at radius 2 is 2.00 bits per heavy atom. The first kappa shape index (κ1) is 14.1. The highest BCUT2D eigenvalue weighted by atomic mass is 35.5. The van der Waals surface area contributed by atoms with E-state index in [-0.39, 0.29) is 11.9 Å². The van der Waals surface area contributed by atoms with E-state index in [1.165, 1.54) is 12.8 Å². The van der Waals surface area contributed by atoms with Crippen molar-refractivity contribution in [1.82, 2.24) is 10.3 Å². The molecule has 19 heavy (non-hydrogen) atoms. The summed E-state index contributed by atoms with van der Waals surface area (Å²) in [5.74, 6) is 1.23. The van der Waals surface area contributed by atoms with Crippen LogP contribution in [-0.2, 0) is 0 Å². The van der Waals surface area contributed by atoms with E-state index in [4.69, 9.17) is 11.6 Å². The van der Waals surface area contributed by atoms with Gasteiger partial charge >= 0.3 is 0 Å². The van der Waals surface area contributed by atoms with Gasteiger partial charge in [-0.3, -0.25) is 4.79 Å². The number of hydrogen-bond donors (Lipinski definition) is 2. The number of halogens is 1. The molecule has 1 aliphatic rings. The molecular weight excluding hydrogens is 262 g/mol. The van der Waals surface area contributed by atoms with Crippen LogP contribution in [0.2, 0.25) is 5.02 Å². The number of carbonyl (C=O) groups is 1. The largest absolute Gasteiger partial charge is 0.373 e. The lowest BCUT2D eigenvalue weighted by molar-refractivity contribution is 0.0918. The standard InChI is InChI=1S/C14H20ClN3O/c1-9-3-5-10(6-4-9)17-14(19)13-11(15)7-8-12(16-2)18-13/h7-10H,3-6H2,1-2H3,(H,16,18)(H,17,19). The molecule has 2 N–H and O–H groups in total. The minimum absolute atomic E-state index is 0.179. The van der Waals surface area contributed by atoms with Crippen molar-refractivity contribution in [3.8, 4) is 0 Å². The quantitative estimate of drug-likeness (QED) is 0.895. The number of aromatic nitrogens is 1. The molecule has 0 atom stereocenters. The molecular formula is C14H20ClN3O. The van der Waals surface area contributed by atoms with Crippen molar-refractivity contribution in [3.05, 3.63) is 22.8 Å². The average Bonchev–Trinajstić information content (AvgIpc) is 2.42. The zero-order valence-corrected chi connectivity index (χ0v) is 12.1. The Hall–Kier alpha value is -1.29. The predicted octanol–water partition coefficient (Wildman–Crippen LogP) is 3.09. The first-order valence-corrected chi connectivity index (χ1v) is 7.13. The molecule has 1 saturated carbocycles. The first-order valence-electron chi connectivity index (χ1n) is 6.75. The minimum Gasteiger partial charge on any atom is -0.373 e. The molecule has 0 bridgehead atoms. The van der Waals surface area contributed by atoms with E-state index in [9.17, 15) is 4.79 Å². The first-order chi connectivity index (χ1) is 9.10. The zero-order valence-electron chi connectivity index (χ0n) is 11.4. The highest BCUT2D eigenvalue weighted by Gasteiger charge is 2.22. The van der Waals surface area contributed by atoms with E-state index in [0.717, 1.165) is 18.8 Å². The maximum absolute atomic E-state index is 12.2. The molecule has 1 heterocycles. The molecule has 4 nitrogen and oxygen atoms in total. The lowest BCUT2D eigenvalue weighted by Gasteiger charge is -2.26. The third kappa shape index (κ3) is 3.60. The van der Waals surface area contributed by atoms with Gasteiger partial charge in [-0.2, -0.15) is 0 Å². The number of nitrogens with one attached hydrogen (secondary N) is 2. The maximum Gasteiger partial charge on any atom is 0.271 e. The second kappa shape index (κ2) is 6.24. The van der Waals surface area contributed by atoms with Crippen molar-refractivity contribution in [2.45, 2.75) is 38.6 Å². The zero-order chi connectivity index (χ0) is 13.8. The van der Waals surface area contributed by atoms with E-state index >= 15 is 0 Å². The lowest BCUT2D eigenvalue weighted by Crippen LogP contribution is -2.37. The topological polar surface area (TPSA) is 54.0 Å². The van der Waals surface area contributed by atoms with Gasteiger partial charge in [0.1, 0.15) is 11.5 Å². The van der Waals surface area contributed by atoms with E-state index in [0.29, 0.717) is 16.5 Å². The summed E-state index contributed by atoms with van der Waals surface area (Å²) in [5, 5.41) is 6.33. The van der Waals surface area contributed by atoms with Crippen molar-refractivity contribution < 1.29 is 4.79 Å². The highest BCUT2D eigenvalue weighted by Crippen LogP contribution is 2.24. The molecule has 1 aromatic heterocycles. The van der Waals surface area contributed by atoms with Crippen LogP contribution in [0.15, 0.2) is 12.1 Å². The summed E-state index contributed by atoms with van der Waals surface area (Å²) in [6.45, 7) is 2.26. The van der Waals surface area contributed by atoms with Crippen molar-refractivity contribution in [2.75, 3.05) is 12.4 Å². The number of pyridine rings is 1. The average molecular weight is 282 g/mol. The number of nitrogens with zero attached hydrogens (tertiary/aromatic N) is 1. The van der Waals surface area contributed by atoms with Gasteiger partial charge in [0.15, 0.2) is 0 Å². The maximum atomic E-state index is 12.2. The Bertz CT molecular complexity index is 456. The summed E-state index contributed by atoms with van der Waals surface area (Å²) in [6.07, 6.45) is 4.41. The fourth-order valence-electron chi connectivity index (χ4n) is 2.40. The number of anilines is 1. The summed E-state index contributed by atoms with van der Waals surface area (Å²) < 4.78 is 0. The Kier molecular flexibility index (Phi) is 4.64. The monoisotopic (exact) mass is 281 g/mol. The molecule has 1 aromatic rings. The highest BCUT2D eigenvalue weighted by molar-refractivity contribution is 6.33. The van der Waals surface area contributed by atoms with Crippen LogP contribution >= 0.6 is 11.6 Å². The van der Waals surface area contributed by atoms with Crippen LogP contribution in [0.3, 0.4) is 0 Å². The van der Waals surface area contributed by atoms with E-state index in [1.54, 1.807) is 19.2 Å². The van der Waals surface area contributed by atoms with Gasteiger partial charge in [-0.25, -0.2) is 4.98 Å². The molecule has 2 rings (SSSR count). The molecule has 1 fully saturated rings. The van der Waals surface area contributed by atoms with Crippen LogP contribution in [0.1, 0.15) is 43.1 Å². The molecule has 1 aliphatic carbocycles. The van der Waals surface area contributed by atoms with Crippen molar-refractivity contribution in [3.63, 3.8) is 0 Å². The van der Waals surface area contributed by atoms with Gasteiger partial charge in [0.2, 0.25) is 0 Å². The fourth-order valence-corrected chi connectivity index (χ4v) is 2.59. The van der Waals surface area contributed by atoms with Gasteiger partial charge in [-0.05, 0) is 43.7 Å². The number of carbonyl (C=O) groups excluding carboxylic acids is 1. The van der Waals surface area contributed by atoms with Crippen molar-refractivity contribution >= 4 is 23.3 Å². The summed E-state index contributed by atoms with van der Waals surface area (Å²) in [4.78, 5) is 16.4. The van der Waals surface area contributed by atoms with Gasteiger partial charge in [-0.1, -0.05) is 18.5 Å². The Labute approximate surface area is 118 Å². The van der Waals surface area contributed by atoms with Crippen molar-refractivity contribution in [1.29, 1.82) is 0 Å². The van der Waals surface area contributed by atoms with Crippen LogP contribution in [-0.4, -0.2) is 24.0 Å². The molecule has 5 heteroatoms. The van der Waals surface area contributed by atoms with E-state index in [2.05, 4.69) is 22.5 Å². The summed E-state index contributed by atoms with van der Waals surface area (Å²) in [5.41, 5.74) is 0.298. The number of hydrogen-bond acceptors (Lipinski definition) is 3. The van der Waals surface area contributed by atoms with Crippen LogP contribution in [0.25, 0.3) is 0 Å². The van der Waals surface area contributed by atoms with Crippen molar-refractivity contribution in [2.24, 2.45) is 5.92 Å². The molecule has 0 unspecified atom stereocenters. The van der Waals surface area contributed by atoms with Gasteiger partial charge in [0.05, 0.1) is 5.02 Å². The van der Waals surface area contributed by atoms with Crippen LogP contribution < -0.4 is 10.6 Å². The van der Waals surface area contributed by atoms with Gasteiger partial charge in [0, 0.05) is 13.1 Å². The molecule has 0 aliphatic heterocycles. The predicted molar refractivity (Wildman–Crippen MR) is 77.7 cm³/mol. The molecule has 104 valence electrons. The summed E-state index contributed by atoms with van der Waals surface area (Å²) in [6, 6.07) is 3.69. The fraction of sp³-hybridized carbons (Fsp3) is 0.571. The summed E-state index contributed by atoms with van der Waals surface area (Å²) in [7, 11) is 1.76. The number of rotatable bonds is 3. The molecule has 0 saturated heterocycles. The Balaban J connectivity index is 2.03.